The highest BCUT2D eigenvalue weighted by molar-refractivity contribution is 7.99. The van der Waals surface area contributed by atoms with Crippen LogP contribution in [0.5, 0.6) is 0 Å². The van der Waals surface area contributed by atoms with Gasteiger partial charge in [0, 0.05) is 85.7 Å². The zero-order valence-corrected chi connectivity index (χ0v) is 40.4. The van der Waals surface area contributed by atoms with Crippen molar-refractivity contribution in [2.75, 3.05) is 31.1 Å². The van der Waals surface area contributed by atoms with Crippen molar-refractivity contribution in [3.05, 3.63) is 74.3 Å². The van der Waals surface area contributed by atoms with Crippen molar-refractivity contribution in [3.63, 3.8) is 0 Å². The number of halogens is 1. The van der Waals surface area contributed by atoms with Crippen LogP contribution in [0.4, 0.5) is 4.39 Å². The average molecular weight is 989 g/mol. The highest BCUT2D eigenvalue weighted by Gasteiger charge is 2.45. The summed E-state index contributed by atoms with van der Waals surface area (Å²) in [7, 11) is 0. The Morgan fingerprint density at radius 2 is 1.61 bits per heavy atom. The van der Waals surface area contributed by atoms with Crippen molar-refractivity contribution < 1.29 is 62.1 Å². The maximum Gasteiger partial charge on any atom is 0.343 e. The lowest BCUT2D eigenvalue weighted by Gasteiger charge is -2.31. The normalized spacial score (nSPS) is 16.2. The molecule has 0 unspecified atom stereocenters. The largest absolute Gasteiger partial charge is 0.458 e. The highest BCUT2D eigenvalue weighted by atomic mass is 32.2. The number of pyridine rings is 2. The second kappa shape index (κ2) is 23.4. The predicted molar refractivity (Wildman–Crippen MR) is 252 cm³/mol. The zero-order valence-electron chi connectivity index (χ0n) is 39.5. The molecule has 3 aliphatic rings. The van der Waals surface area contributed by atoms with E-state index >= 15 is 0 Å². The molecule has 0 spiro atoms. The van der Waals surface area contributed by atoms with Gasteiger partial charge in [0.25, 0.3) is 17.4 Å². The predicted octanol–water partition coefficient (Wildman–Crippen LogP) is 2.66. The Morgan fingerprint density at radius 3 is 2.33 bits per heavy atom. The van der Waals surface area contributed by atoms with E-state index in [0.29, 0.717) is 52.7 Å². The third kappa shape index (κ3) is 12.7. The van der Waals surface area contributed by atoms with Crippen LogP contribution in [0.3, 0.4) is 0 Å². The Morgan fingerprint density at radius 1 is 0.886 bits per heavy atom. The molecule has 0 saturated carbocycles. The number of carbonyl (C=O) groups excluding carboxylic acids is 9. The van der Waals surface area contributed by atoms with Crippen molar-refractivity contribution >= 4 is 75.5 Å². The number of aromatic nitrogens is 2. The van der Waals surface area contributed by atoms with Crippen molar-refractivity contribution in [2.24, 2.45) is 0 Å². The Labute approximate surface area is 406 Å². The number of benzene rings is 1. The van der Waals surface area contributed by atoms with Gasteiger partial charge in [0.15, 0.2) is 17.2 Å². The number of hydrogen-bond donors (Lipinski definition) is 4. The van der Waals surface area contributed by atoms with Gasteiger partial charge in [-0.1, -0.05) is 13.3 Å². The van der Waals surface area contributed by atoms with Gasteiger partial charge in [0.1, 0.15) is 24.3 Å². The maximum atomic E-state index is 14.9. The number of thioether (sulfide) groups is 1. The van der Waals surface area contributed by atoms with E-state index in [2.05, 4.69) is 16.0 Å². The lowest BCUT2D eigenvalue weighted by molar-refractivity contribution is -0.172. The number of nitrogens with zero attached hydrogens (tertiary/aromatic N) is 3. The molecular formula is C49H57FN6O13S. The minimum atomic E-state index is -2.03. The number of ketones is 3. The first kappa shape index (κ1) is 52.9. The van der Waals surface area contributed by atoms with Gasteiger partial charge in [-0.25, -0.2) is 14.2 Å². The fourth-order valence-electron chi connectivity index (χ4n) is 8.36. The topological polar surface area (TPSA) is 267 Å². The number of ether oxygens (including phenoxy) is 2. The molecule has 0 aliphatic carbocycles. The molecule has 0 radical (unpaired) electrons. The van der Waals surface area contributed by atoms with Crippen LogP contribution in [0.25, 0.3) is 22.3 Å². The maximum absolute atomic E-state index is 14.9. The van der Waals surface area contributed by atoms with Crippen LogP contribution in [-0.4, -0.2) is 116 Å². The van der Waals surface area contributed by atoms with E-state index in [-0.39, 0.29) is 129 Å². The van der Waals surface area contributed by atoms with Crippen LogP contribution in [0.2, 0.25) is 0 Å². The van der Waals surface area contributed by atoms with Crippen molar-refractivity contribution in [3.8, 4) is 11.4 Å². The molecule has 70 heavy (non-hydrogen) atoms. The van der Waals surface area contributed by atoms with Gasteiger partial charge in [0.05, 0.1) is 54.0 Å². The number of carbonyl (C=O) groups is 9. The molecule has 19 nitrogen and oxygen atoms in total. The van der Waals surface area contributed by atoms with Gasteiger partial charge in [-0.05, 0) is 63.3 Å². The summed E-state index contributed by atoms with van der Waals surface area (Å²) in [5.74, 6) is -4.41. The van der Waals surface area contributed by atoms with E-state index in [9.17, 15) is 57.4 Å². The van der Waals surface area contributed by atoms with E-state index in [1.165, 1.54) is 34.5 Å². The molecule has 0 bridgehead atoms. The molecular weight excluding hydrogens is 932 g/mol. The van der Waals surface area contributed by atoms with E-state index < -0.39 is 59.3 Å². The summed E-state index contributed by atoms with van der Waals surface area (Å²) in [5, 5.41) is 19.7. The van der Waals surface area contributed by atoms with Crippen LogP contribution >= 0.6 is 11.8 Å². The Kier molecular flexibility index (Phi) is 17.7. The third-order valence-corrected chi connectivity index (χ3v) is 13.2. The number of cyclic esters (lactones) is 1. The number of fused-ring (bicyclic) bond motifs is 5. The molecule has 2 atom stereocenters. The monoisotopic (exact) mass is 988 g/mol. The molecule has 2 aromatic heterocycles. The first-order chi connectivity index (χ1) is 33.3. The first-order valence-electron chi connectivity index (χ1n) is 23.2. The van der Waals surface area contributed by atoms with Gasteiger partial charge in [0.2, 0.25) is 17.7 Å². The smallest absolute Gasteiger partial charge is 0.343 e. The summed E-state index contributed by atoms with van der Waals surface area (Å²) < 4.78 is 27.2. The number of aryl methyl sites for hydroxylation is 1. The van der Waals surface area contributed by atoms with E-state index in [1.54, 1.807) is 39.8 Å². The summed E-state index contributed by atoms with van der Waals surface area (Å²) in [6, 6.07) is 4.46. The quantitative estimate of drug-likeness (QED) is 0.0400. The average Bonchev–Trinajstić information content (AvgIpc) is 3.85. The molecule has 0 fully saturated rings. The third-order valence-electron chi connectivity index (χ3n) is 12.3. The molecule has 5 amide bonds. The lowest BCUT2D eigenvalue weighted by Crippen LogP contribution is -2.44. The first-order valence-corrected chi connectivity index (χ1v) is 24.4. The van der Waals surface area contributed by atoms with Crippen molar-refractivity contribution in [1.29, 1.82) is 0 Å². The number of unbranched alkanes of at least 4 members (excludes halogenated alkanes) is 2. The van der Waals surface area contributed by atoms with E-state index in [0.717, 1.165) is 4.90 Å². The SMILES string of the molecule is CC[C@@]1(O)C(=O)OCc2c1cc1n(c2=O)Cc2c-1nc1cc(F)c(C)cc1c2CNC(=O)CSCCC(=O)CNC(=O)[C@@H](CC(=O)CNC(=O)CCC(=O)CCCCCN1C(=O)C=CC1=O)OC(C)C. The van der Waals surface area contributed by atoms with Crippen LogP contribution in [-0.2, 0) is 77.9 Å². The summed E-state index contributed by atoms with van der Waals surface area (Å²) in [6.45, 7) is 5.82. The van der Waals surface area contributed by atoms with Crippen LogP contribution in [0.1, 0.15) is 106 Å². The number of Topliss-reactive ketones (excluding diaryl/α,β-unsaturated/α-hetero) is 3. The molecule has 3 aromatic rings. The number of aliphatic hydroxyl groups is 1. The second-order valence-corrected chi connectivity index (χ2v) is 18.8. The number of hydrogen-bond acceptors (Lipinski definition) is 15. The van der Waals surface area contributed by atoms with Crippen LogP contribution < -0.4 is 21.5 Å². The van der Waals surface area contributed by atoms with E-state index in [4.69, 9.17) is 14.5 Å². The molecule has 4 N–H and O–H groups in total. The van der Waals surface area contributed by atoms with Gasteiger partial charge in [-0.3, -0.25) is 48.1 Å². The zero-order chi connectivity index (χ0) is 50.9. The minimum Gasteiger partial charge on any atom is -0.458 e. The minimum absolute atomic E-state index is 0.00735. The fraction of sp³-hybridized carbons (Fsp3) is 0.490. The fourth-order valence-corrected chi connectivity index (χ4v) is 9.17. The standard InChI is InChI=1S/C49H57FN6O13S/c1-5-49(67)36-19-39-45-34(24-56(39)47(65)35(36)25-68-48(49)66)33(32-17-28(4)37(50)20-38(32)54-45)23-52-42(61)26-70-16-14-30(58)21-53-46(64)40(69-27(2)3)18-31(59)22-51-41(60)11-10-29(57)9-7-6-8-15-55-43(62)12-13-44(55)63/h12-13,17,19-20,27,40,67H,5-11,14-16,18,21-26H2,1-4H3,(H,51,60)(H,52,61)(H,53,64)/t40-,49+/m1/s1. The van der Waals surface area contributed by atoms with Gasteiger partial charge < -0.3 is 35.1 Å². The van der Waals surface area contributed by atoms with Crippen molar-refractivity contribution in [1.82, 2.24) is 30.4 Å². The molecule has 5 heterocycles. The van der Waals surface area contributed by atoms with Gasteiger partial charge >= 0.3 is 5.97 Å². The summed E-state index contributed by atoms with van der Waals surface area (Å²) in [6.07, 6.45) is 2.13. The number of amides is 5. The Balaban J connectivity index is 0.922. The summed E-state index contributed by atoms with van der Waals surface area (Å²) >= 11 is 1.18. The number of rotatable bonds is 26. The lowest BCUT2D eigenvalue weighted by atomic mass is 9.86. The number of nitrogens with one attached hydrogen (secondary N) is 3. The Hall–Kier alpha value is -6.45. The van der Waals surface area contributed by atoms with Crippen molar-refractivity contribution in [2.45, 2.75) is 123 Å². The molecule has 21 heteroatoms. The summed E-state index contributed by atoms with van der Waals surface area (Å²) in [4.78, 5) is 132. The van der Waals surface area contributed by atoms with Gasteiger partial charge in [-0.15, -0.1) is 0 Å². The second-order valence-electron chi connectivity index (χ2n) is 17.7. The van der Waals surface area contributed by atoms with E-state index in [1.807, 2.05) is 0 Å². The highest BCUT2D eigenvalue weighted by Crippen LogP contribution is 2.40. The van der Waals surface area contributed by atoms with Crippen LogP contribution in [0.15, 0.2) is 35.1 Å². The molecule has 3 aliphatic heterocycles. The summed E-state index contributed by atoms with van der Waals surface area (Å²) in [5.41, 5.74) is 0.312. The van der Waals surface area contributed by atoms with Gasteiger partial charge in [-0.2, -0.15) is 11.8 Å². The molecule has 374 valence electrons. The number of imide groups is 1. The molecule has 6 rings (SSSR count). The Bertz CT molecular complexity index is 2700. The molecule has 0 saturated heterocycles. The molecule has 1 aromatic carbocycles. The van der Waals surface area contributed by atoms with Crippen LogP contribution in [0, 0.1) is 12.7 Å². The number of esters is 1.